The number of ether oxygens (including phenoxy) is 3. The Morgan fingerprint density at radius 1 is 0.600 bits per heavy atom. The van der Waals surface area contributed by atoms with Crippen LogP contribution in [0.5, 0.6) is 0 Å². The fourth-order valence-corrected chi connectivity index (χ4v) is 8.01. The summed E-state index contributed by atoms with van der Waals surface area (Å²) in [6.45, 7) is 20.4. The molecule has 0 spiro atoms. The number of carbonyl (C=O) groups is 6. The molecule has 3 aliphatic rings. The molecule has 3 aliphatic heterocycles. The monoisotopic (exact) mass is 1050 g/mol. The van der Waals surface area contributed by atoms with Gasteiger partial charge in [0, 0.05) is 52.1 Å². The Morgan fingerprint density at radius 2 is 1.01 bits per heavy atom. The first-order valence-electron chi connectivity index (χ1n) is 24.9. The van der Waals surface area contributed by atoms with Gasteiger partial charge in [0.25, 0.3) is 5.97 Å². The largest absolute Gasteiger partial charge is 0.481 e. The molecule has 19 nitrogen and oxygen atoms in total. The summed E-state index contributed by atoms with van der Waals surface area (Å²) in [5.41, 5.74) is 12.3. The Labute approximate surface area is 436 Å². The summed E-state index contributed by atoms with van der Waals surface area (Å²) >= 11 is 0. The zero-order valence-corrected chi connectivity index (χ0v) is 44.6. The van der Waals surface area contributed by atoms with Gasteiger partial charge in [-0.3, -0.25) is 14.4 Å². The molecule has 3 atom stereocenters. The second-order valence-electron chi connectivity index (χ2n) is 21.5. The van der Waals surface area contributed by atoms with Gasteiger partial charge in [-0.2, -0.15) is 0 Å². The number of carboxylic acid groups (broad SMARTS) is 1. The fraction of sp³-hybridized carbons (Fsp3) is 0.528. The van der Waals surface area contributed by atoms with Gasteiger partial charge in [-0.05, 0) is 155 Å². The molecule has 4 heterocycles. The predicted octanol–water partition coefficient (Wildman–Crippen LogP) is 9.89. The Hall–Kier alpha value is -7.26. The molecule has 0 radical (unpaired) electrons. The smallest absolute Gasteiger partial charge is 0.410 e. The summed E-state index contributed by atoms with van der Waals surface area (Å²) in [6, 6.07) is 12.1. The number of rotatable bonds is 5. The SMILES string of the molecule is CC(=O)O.CC(C)(C)OC(=O)N1CCC[C@@H](C(=O)Nc2cc(F)ccc2N)C1.CC(C)(C)OC(=O)N1CCC[C@@H](C(=O)Nc2ccc(F)cc2N)C1.CC(C)(C)OC(=O)N1CCC[C@@H](c2nc3ccc(F)cc3[nH]2)C1. The number of carbonyl (C=O) groups excluding carboxylic acids is 5. The second kappa shape index (κ2) is 26.3. The quantitative estimate of drug-likeness (QED) is 0.0804. The van der Waals surface area contributed by atoms with Crippen molar-refractivity contribution in [3.05, 3.63) is 77.9 Å². The van der Waals surface area contributed by atoms with Crippen LogP contribution in [0.15, 0.2) is 54.6 Å². The lowest BCUT2D eigenvalue weighted by Gasteiger charge is -2.33. The number of aromatic nitrogens is 2. The standard InChI is InChI=1S/2C17H24FN3O3.C17H22FN3O2.C2H4O2/c1-17(2,3)24-16(23)21-8-4-5-11(10-21)15(22)20-14-7-6-12(18)9-13(14)19;1-17(2,3)24-16(23)21-8-4-5-11(10-21)15(22)20-14-9-12(18)6-7-13(14)19;1-17(2,3)23-16(22)21-8-4-5-11(10-21)15-19-13-7-6-12(18)9-14(13)20-15;1-2(3)4/h2*6-7,9,11H,4-5,8,10,19H2,1-3H3,(H,20,22);6-7,9,11H,4-5,8,10H2,1-3H3,(H,19,20);1H3,(H,3,4)/t3*11-;/m111./s1. The summed E-state index contributed by atoms with van der Waals surface area (Å²) in [4.78, 5) is 82.9. The number of fused-ring (bicyclic) bond motifs is 1. The summed E-state index contributed by atoms with van der Waals surface area (Å²) in [6.07, 6.45) is 3.46. The molecule has 5 amide bonds. The molecule has 75 heavy (non-hydrogen) atoms. The van der Waals surface area contributed by atoms with E-state index < -0.39 is 46.6 Å². The van der Waals surface area contributed by atoms with E-state index in [0.717, 1.165) is 43.6 Å². The van der Waals surface area contributed by atoms with E-state index in [1.807, 2.05) is 20.8 Å². The van der Waals surface area contributed by atoms with E-state index in [4.69, 9.17) is 35.6 Å². The van der Waals surface area contributed by atoms with Crippen LogP contribution in [0.1, 0.15) is 120 Å². The third-order valence-corrected chi connectivity index (χ3v) is 11.4. The highest BCUT2D eigenvalue weighted by Crippen LogP contribution is 2.29. The van der Waals surface area contributed by atoms with E-state index in [2.05, 4.69) is 20.6 Å². The van der Waals surface area contributed by atoms with Crippen LogP contribution in [-0.4, -0.2) is 122 Å². The number of carboxylic acids is 1. The minimum Gasteiger partial charge on any atom is -0.481 e. The molecule has 1 aromatic heterocycles. The second-order valence-corrected chi connectivity index (χ2v) is 21.5. The van der Waals surface area contributed by atoms with Gasteiger partial charge in [0.2, 0.25) is 11.8 Å². The van der Waals surface area contributed by atoms with Crippen molar-refractivity contribution in [1.29, 1.82) is 0 Å². The molecular weight excluding hydrogens is 980 g/mol. The molecular formula is C53H74F3N9O10. The number of likely N-dealkylation sites (tertiary alicyclic amines) is 3. The van der Waals surface area contributed by atoms with Crippen LogP contribution in [0, 0.1) is 29.3 Å². The number of imidazole rings is 1. The predicted molar refractivity (Wildman–Crippen MR) is 279 cm³/mol. The average molecular weight is 1050 g/mol. The number of aliphatic carboxylic acids is 1. The van der Waals surface area contributed by atoms with E-state index in [0.29, 0.717) is 68.9 Å². The Balaban J connectivity index is 0.000000235. The molecule has 7 rings (SSSR count). The topological polar surface area (TPSA) is 265 Å². The van der Waals surface area contributed by atoms with Gasteiger partial charge in [0.1, 0.15) is 40.1 Å². The first kappa shape index (κ1) is 60.3. The zero-order chi connectivity index (χ0) is 56.0. The molecule has 3 aromatic carbocycles. The first-order chi connectivity index (χ1) is 34.9. The molecule has 4 aromatic rings. The van der Waals surface area contributed by atoms with Crippen molar-refractivity contribution >= 4 is 69.8 Å². The van der Waals surface area contributed by atoms with Crippen LogP contribution in [-0.2, 0) is 28.6 Å². The number of nitrogens with zero attached hydrogens (tertiary/aromatic N) is 4. The first-order valence-corrected chi connectivity index (χ1v) is 24.9. The van der Waals surface area contributed by atoms with E-state index in [1.165, 1.54) is 47.4 Å². The number of nitrogens with two attached hydrogens (primary N) is 2. The summed E-state index contributed by atoms with van der Waals surface area (Å²) in [5, 5.41) is 12.8. The van der Waals surface area contributed by atoms with E-state index in [1.54, 1.807) is 57.4 Å². The number of benzene rings is 3. The van der Waals surface area contributed by atoms with Crippen molar-refractivity contribution < 1.29 is 61.3 Å². The number of nitrogen functional groups attached to an aromatic ring is 2. The van der Waals surface area contributed by atoms with Crippen molar-refractivity contribution in [1.82, 2.24) is 24.7 Å². The van der Waals surface area contributed by atoms with Gasteiger partial charge in [-0.1, -0.05) is 0 Å². The number of H-pyrrole nitrogens is 1. The van der Waals surface area contributed by atoms with Gasteiger partial charge in [0.05, 0.1) is 45.6 Å². The van der Waals surface area contributed by atoms with E-state index in [9.17, 15) is 37.1 Å². The van der Waals surface area contributed by atoms with Crippen molar-refractivity contribution in [2.45, 2.75) is 130 Å². The van der Waals surface area contributed by atoms with Crippen molar-refractivity contribution in [3.63, 3.8) is 0 Å². The highest BCUT2D eigenvalue weighted by molar-refractivity contribution is 5.96. The number of amides is 5. The Kier molecular flexibility index (Phi) is 21.1. The van der Waals surface area contributed by atoms with Gasteiger partial charge in [0.15, 0.2) is 0 Å². The summed E-state index contributed by atoms with van der Waals surface area (Å²) in [5.74, 6) is -2.37. The maximum absolute atomic E-state index is 13.3. The Bertz CT molecular complexity index is 2620. The van der Waals surface area contributed by atoms with Gasteiger partial charge >= 0.3 is 18.3 Å². The average Bonchev–Trinajstić information content (AvgIpc) is 3.73. The molecule has 412 valence electrons. The van der Waals surface area contributed by atoms with Crippen LogP contribution in [0.4, 0.5) is 50.3 Å². The minimum atomic E-state index is -0.833. The molecule has 0 saturated carbocycles. The van der Waals surface area contributed by atoms with Crippen LogP contribution in [0.25, 0.3) is 11.0 Å². The fourth-order valence-electron chi connectivity index (χ4n) is 8.01. The van der Waals surface area contributed by atoms with Crippen LogP contribution in [0.2, 0.25) is 0 Å². The van der Waals surface area contributed by atoms with Gasteiger partial charge in [-0.25, -0.2) is 32.5 Å². The van der Waals surface area contributed by atoms with Crippen molar-refractivity contribution in [2.75, 3.05) is 61.4 Å². The molecule has 22 heteroatoms. The van der Waals surface area contributed by atoms with Gasteiger partial charge in [-0.15, -0.1) is 0 Å². The maximum Gasteiger partial charge on any atom is 0.410 e. The number of piperidine rings is 3. The number of anilines is 4. The number of nitrogens with one attached hydrogen (secondary N) is 3. The molecule has 0 bridgehead atoms. The number of aromatic amines is 1. The van der Waals surface area contributed by atoms with Crippen molar-refractivity contribution in [3.8, 4) is 0 Å². The Morgan fingerprint density at radius 3 is 1.49 bits per heavy atom. The molecule has 0 aliphatic carbocycles. The van der Waals surface area contributed by atoms with Crippen LogP contribution >= 0.6 is 0 Å². The van der Waals surface area contributed by atoms with E-state index in [-0.39, 0.29) is 59.4 Å². The minimum absolute atomic E-state index is 0.117. The van der Waals surface area contributed by atoms with E-state index >= 15 is 0 Å². The molecule has 3 fully saturated rings. The molecule has 8 N–H and O–H groups in total. The third kappa shape index (κ3) is 20.5. The van der Waals surface area contributed by atoms with Crippen molar-refractivity contribution in [2.24, 2.45) is 11.8 Å². The lowest BCUT2D eigenvalue weighted by Crippen LogP contribution is -2.45. The molecule has 0 unspecified atom stereocenters. The lowest BCUT2D eigenvalue weighted by molar-refractivity contribution is -0.134. The third-order valence-electron chi connectivity index (χ3n) is 11.4. The zero-order valence-electron chi connectivity index (χ0n) is 44.6. The molecule has 3 saturated heterocycles. The number of hydrogen-bond donors (Lipinski definition) is 6. The van der Waals surface area contributed by atoms with Crippen LogP contribution in [0.3, 0.4) is 0 Å². The summed E-state index contributed by atoms with van der Waals surface area (Å²) < 4.78 is 55.8. The number of halogens is 3. The maximum atomic E-state index is 13.3. The highest BCUT2D eigenvalue weighted by Gasteiger charge is 2.34. The number of hydrogen-bond acceptors (Lipinski definition) is 12. The lowest BCUT2D eigenvalue weighted by atomic mass is 9.97. The van der Waals surface area contributed by atoms with Gasteiger partial charge < -0.3 is 61.1 Å². The highest BCUT2D eigenvalue weighted by atomic mass is 19.1. The summed E-state index contributed by atoms with van der Waals surface area (Å²) in [7, 11) is 0. The normalized spacial score (nSPS) is 17.8. The van der Waals surface area contributed by atoms with Crippen LogP contribution < -0.4 is 22.1 Å².